The fourth-order valence-electron chi connectivity index (χ4n) is 5.66. The van der Waals surface area contributed by atoms with Gasteiger partial charge >= 0.3 is 46.9 Å². The van der Waals surface area contributed by atoms with Crippen molar-refractivity contribution in [3.63, 3.8) is 0 Å². The Morgan fingerprint density at radius 2 is 0.904 bits per heavy atom. The van der Waals surface area contributed by atoms with Crippen LogP contribution >= 0.6 is 0 Å². The minimum Gasteiger partial charge on any atom is -1.00 e. The summed E-state index contributed by atoms with van der Waals surface area (Å²) >= 11 is 0. The third-order valence-electron chi connectivity index (χ3n) is 9.10. The van der Waals surface area contributed by atoms with Gasteiger partial charge in [0.1, 0.15) is 6.10 Å². The van der Waals surface area contributed by atoms with E-state index in [4.69, 9.17) is 9.84 Å². The Kier molecular flexibility index (Phi) is 30.4. The second-order valence-corrected chi connectivity index (χ2v) is 14.7. The molecule has 0 saturated heterocycles. The number of esters is 4. The molecule has 298 valence electrons. The minimum atomic E-state index is -0.710. The van der Waals surface area contributed by atoms with E-state index in [9.17, 15) is 34.5 Å². The average molecular weight is 772 g/mol. The first-order valence-electron chi connectivity index (χ1n) is 17.3. The van der Waals surface area contributed by atoms with Gasteiger partial charge in [-0.1, -0.05) is 19.7 Å². The Morgan fingerprint density at radius 1 is 0.596 bits per heavy atom. The molecular formula is C39H67ClMgO11. The number of aliphatic hydroxyl groups is 4. The predicted octanol–water partition coefficient (Wildman–Crippen LogP) is 2.74. The summed E-state index contributed by atoms with van der Waals surface area (Å²) in [4.78, 5) is 43.6. The van der Waals surface area contributed by atoms with E-state index in [0.717, 1.165) is 77.0 Å². The maximum Gasteiger partial charge on any atom is 2.00 e. The molecule has 0 heterocycles. The van der Waals surface area contributed by atoms with Gasteiger partial charge in [0.15, 0.2) is 0 Å². The molecule has 4 N–H and O–H groups in total. The molecule has 0 aromatic carbocycles. The average Bonchev–Trinajstić information content (AvgIpc) is 3.01. The molecule has 3 aliphatic rings. The van der Waals surface area contributed by atoms with Crippen molar-refractivity contribution in [3.8, 4) is 0 Å². The summed E-state index contributed by atoms with van der Waals surface area (Å²) in [6, 6.07) is 0. The quantitative estimate of drug-likeness (QED) is 0.0748. The summed E-state index contributed by atoms with van der Waals surface area (Å²) in [5.74, 6) is -1.12. The monoisotopic (exact) mass is 770 g/mol. The van der Waals surface area contributed by atoms with Gasteiger partial charge in [0.2, 0.25) is 0 Å². The third kappa shape index (κ3) is 24.5. The molecular weight excluding hydrogens is 704 g/mol. The molecule has 52 heavy (non-hydrogen) atoms. The second-order valence-electron chi connectivity index (χ2n) is 14.7. The topological polar surface area (TPSA) is 177 Å². The fraction of sp³-hybridized carbons (Fsp3) is 0.718. The Bertz CT molecular complexity index is 1080. The van der Waals surface area contributed by atoms with E-state index in [0.29, 0.717) is 17.4 Å². The summed E-state index contributed by atoms with van der Waals surface area (Å²) < 4.78 is 14.2. The number of carbonyl (C=O) groups is 4. The summed E-state index contributed by atoms with van der Waals surface area (Å²) in [6.07, 6.45) is 9.85. The van der Waals surface area contributed by atoms with Crippen molar-refractivity contribution in [2.24, 2.45) is 17.8 Å². The van der Waals surface area contributed by atoms with Crippen LogP contribution in [0.25, 0.3) is 0 Å². The zero-order valence-electron chi connectivity index (χ0n) is 33.3. The van der Waals surface area contributed by atoms with E-state index < -0.39 is 23.1 Å². The smallest absolute Gasteiger partial charge is 1.00 e. The van der Waals surface area contributed by atoms with Crippen LogP contribution in [0.4, 0.5) is 0 Å². The molecule has 0 amide bonds. The van der Waals surface area contributed by atoms with Crippen molar-refractivity contribution in [1.82, 2.24) is 0 Å². The molecule has 3 fully saturated rings. The van der Waals surface area contributed by atoms with Crippen molar-refractivity contribution in [1.29, 1.82) is 0 Å². The van der Waals surface area contributed by atoms with Gasteiger partial charge in [0, 0.05) is 16.7 Å². The normalized spacial score (nSPS) is 23.7. The van der Waals surface area contributed by atoms with Crippen molar-refractivity contribution in [2.75, 3.05) is 7.11 Å². The number of carbonyl (C=O) groups excluding carboxylic acids is 4. The van der Waals surface area contributed by atoms with E-state index in [1.54, 1.807) is 6.92 Å². The van der Waals surface area contributed by atoms with E-state index in [2.05, 4.69) is 29.2 Å². The first-order chi connectivity index (χ1) is 22.5. The minimum absolute atomic E-state index is 0. The van der Waals surface area contributed by atoms with E-state index in [1.165, 1.54) is 21.0 Å². The Hall–Kier alpha value is -1.80. The first kappa shape index (κ1) is 56.9. The van der Waals surface area contributed by atoms with E-state index in [1.807, 2.05) is 27.7 Å². The van der Waals surface area contributed by atoms with Crippen LogP contribution in [0.1, 0.15) is 126 Å². The van der Waals surface area contributed by atoms with Gasteiger partial charge < -0.3 is 54.5 Å². The summed E-state index contributed by atoms with van der Waals surface area (Å²) in [5.41, 5.74) is -0.340. The van der Waals surface area contributed by atoms with Crippen LogP contribution in [0.2, 0.25) is 0 Å². The van der Waals surface area contributed by atoms with Gasteiger partial charge in [-0.25, -0.2) is 14.4 Å². The van der Waals surface area contributed by atoms with Crippen LogP contribution < -0.4 is 12.4 Å². The van der Waals surface area contributed by atoms with Crippen LogP contribution in [0.15, 0.2) is 36.5 Å². The van der Waals surface area contributed by atoms with Crippen LogP contribution in [-0.2, 0) is 33.4 Å². The number of hydrogen-bond donors (Lipinski definition) is 4. The molecule has 11 nitrogen and oxygen atoms in total. The largest absolute Gasteiger partial charge is 2.00 e. The van der Waals surface area contributed by atoms with E-state index in [-0.39, 0.29) is 90.2 Å². The van der Waals surface area contributed by atoms with Gasteiger partial charge in [-0.05, 0) is 137 Å². The van der Waals surface area contributed by atoms with Gasteiger partial charge in [0.05, 0.1) is 36.4 Å². The molecule has 0 aliphatic heterocycles. The van der Waals surface area contributed by atoms with Gasteiger partial charge in [-0.15, -0.1) is 0 Å². The number of rotatable bonds is 7. The predicted molar refractivity (Wildman–Crippen MR) is 200 cm³/mol. The molecule has 0 aromatic heterocycles. The van der Waals surface area contributed by atoms with Crippen LogP contribution in [0, 0.1) is 25.2 Å². The maximum atomic E-state index is 11.3. The van der Waals surface area contributed by atoms with Crippen molar-refractivity contribution in [3.05, 3.63) is 43.9 Å². The van der Waals surface area contributed by atoms with Crippen molar-refractivity contribution in [2.45, 2.75) is 155 Å². The molecule has 0 bridgehead atoms. The van der Waals surface area contributed by atoms with Crippen LogP contribution in [0.5, 0.6) is 0 Å². The van der Waals surface area contributed by atoms with Crippen LogP contribution in [-0.4, -0.2) is 104 Å². The molecule has 0 atom stereocenters. The van der Waals surface area contributed by atoms with E-state index >= 15 is 0 Å². The van der Waals surface area contributed by atoms with Crippen molar-refractivity contribution < 1.29 is 66.2 Å². The van der Waals surface area contributed by atoms with Crippen molar-refractivity contribution >= 4 is 46.9 Å². The molecule has 3 rings (SSSR count). The Balaban J connectivity index is -0.000000294. The summed E-state index contributed by atoms with van der Waals surface area (Å²) in [7, 11) is 1.41. The fourth-order valence-corrected chi connectivity index (χ4v) is 5.66. The number of hydrogen-bond acceptors (Lipinski definition) is 11. The number of methoxy groups -OCH3 is 1. The third-order valence-corrected chi connectivity index (χ3v) is 9.10. The summed E-state index contributed by atoms with van der Waals surface area (Å²) in [6.45, 7) is 22.2. The van der Waals surface area contributed by atoms with Gasteiger partial charge in [-0.2, -0.15) is 0 Å². The van der Waals surface area contributed by atoms with Crippen LogP contribution in [0.3, 0.4) is 0 Å². The van der Waals surface area contributed by atoms with Gasteiger partial charge in [0.25, 0.3) is 0 Å². The second kappa shape index (κ2) is 27.7. The molecule has 3 aliphatic carbocycles. The molecule has 3 saturated carbocycles. The number of ether oxygens (including phenoxy) is 3. The molecule has 0 aromatic rings. The maximum absolute atomic E-state index is 11.3. The molecule has 0 spiro atoms. The SMILES string of the molecule is C=C(C)C(=O)OC(=O)C(=C)C.C=C(C)C(=O)OC1CCC(C(C)(C)O)CC1.CC(C)(O)C1CCC(O)CC1.COC(=O)C1CCC(O)CC1.[CH3-].[Cl-].[Mg+2]. The Morgan fingerprint density at radius 3 is 1.19 bits per heavy atom. The summed E-state index contributed by atoms with van der Waals surface area (Å²) in [5, 5.41) is 37.9. The zero-order valence-corrected chi connectivity index (χ0v) is 35.5. The zero-order chi connectivity index (χ0) is 38.1. The number of aliphatic hydroxyl groups excluding tert-OH is 2. The Labute approximate surface area is 335 Å². The molecule has 0 unspecified atom stereocenters. The number of halogens is 1. The molecule has 13 heteroatoms. The first-order valence-corrected chi connectivity index (χ1v) is 17.3. The standard InChI is InChI=1S/C13H22O3.C9H18O2.C8H14O3.C8H10O3.CH3.ClH.Mg/c1-9(2)12(14)16-11-7-5-10(6-8-11)13(3,4)15;1-9(2,11)7-3-5-8(10)6-4-7;1-11-8(10)6-2-4-7(9)5-3-6;1-5(2)7(9)11-8(10)6(3)4;;;/h10-11,15H,1,5-8H2,2-4H3;7-8,10-11H,3-6H2,1-2H3;6-7,9H,2-5H2,1H3;1,3H2,2,4H3;1H3;1H;/q;;;;-1;;+2/p-1. The van der Waals surface area contributed by atoms with Gasteiger partial charge in [-0.3, -0.25) is 4.79 Å². The molecule has 0 radical (unpaired) electrons.